The lowest BCUT2D eigenvalue weighted by molar-refractivity contribution is -0.116. The lowest BCUT2D eigenvalue weighted by Crippen LogP contribution is -2.22. The zero-order valence-electron chi connectivity index (χ0n) is 22.0. The Morgan fingerprint density at radius 1 is 1.10 bits per heavy atom. The number of thiophene rings is 1. The predicted octanol–water partition coefficient (Wildman–Crippen LogP) is 3.23. The van der Waals surface area contributed by atoms with E-state index in [2.05, 4.69) is 10.3 Å². The summed E-state index contributed by atoms with van der Waals surface area (Å²) in [5.41, 5.74) is 19.1. The molecule has 0 saturated heterocycles. The van der Waals surface area contributed by atoms with Gasteiger partial charge in [-0.1, -0.05) is 12.1 Å². The highest BCUT2D eigenvalue weighted by Crippen LogP contribution is 2.40. The zero-order valence-corrected chi connectivity index (χ0v) is 25.3. The van der Waals surface area contributed by atoms with Crippen LogP contribution in [0.2, 0.25) is 0 Å². The van der Waals surface area contributed by atoms with Crippen LogP contribution >= 0.6 is 23.1 Å². The van der Waals surface area contributed by atoms with E-state index in [0.717, 1.165) is 17.6 Å². The van der Waals surface area contributed by atoms with Crippen LogP contribution in [0.3, 0.4) is 0 Å². The normalized spacial score (nSPS) is 11.7. The van der Waals surface area contributed by atoms with Crippen molar-refractivity contribution in [2.75, 3.05) is 23.6 Å². The number of aryl methyl sites for hydroxylation is 1. The largest absolute Gasteiger partial charge is 0.383 e. The highest BCUT2D eigenvalue weighted by Gasteiger charge is 2.26. The molecule has 0 radical (unpaired) electrons. The first-order chi connectivity index (χ1) is 18.6. The molecule has 0 spiro atoms. The number of nitrogens with zero attached hydrogens (tertiary/aromatic N) is 1. The van der Waals surface area contributed by atoms with Gasteiger partial charge >= 0.3 is 0 Å². The minimum Gasteiger partial charge on any atom is -0.383 e. The van der Waals surface area contributed by atoms with Gasteiger partial charge in [0.05, 0.1) is 36.0 Å². The van der Waals surface area contributed by atoms with Gasteiger partial charge in [0.2, 0.25) is 15.7 Å². The van der Waals surface area contributed by atoms with Crippen molar-refractivity contribution >= 4 is 71.9 Å². The monoisotopic (exact) mass is 622 g/mol. The second-order valence-electron chi connectivity index (χ2n) is 8.91. The van der Waals surface area contributed by atoms with Crippen LogP contribution in [0.5, 0.6) is 0 Å². The minimum absolute atomic E-state index is 0.0198. The molecule has 40 heavy (non-hydrogen) atoms. The van der Waals surface area contributed by atoms with Crippen molar-refractivity contribution in [3.05, 3.63) is 52.9 Å². The highest BCUT2D eigenvalue weighted by molar-refractivity contribution is 8.01. The number of nitrogens with two attached hydrogens (primary N) is 3. The molecule has 0 bridgehead atoms. The molecule has 11 nitrogen and oxygen atoms in total. The van der Waals surface area contributed by atoms with Gasteiger partial charge in [0, 0.05) is 18.2 Å². The molecule has 3 aromatic rings. The summed E-state index contributed by atoms with van der Waals surface area (Å²) < 4.78 is 50.8. The van der Waals surface area contributed by atoms with Crippen LogP contribution in [0, 0.1) is 12.3 Å². The van der Waals surface area contributed by atoms with Crippen LogP contribution < -0.4 is 22.5 Å². The third-order valence-corrected chi connectivity index (χ3v) is 11.0. The van der Waals surface area contributed by atoms with Gasteiger partial charge in [0.1, 0.15) is 15.7 Å². The third-order valence-electron chi connectivity index (χ3n) is 5.61. The SMILES string of the molecule is CSc1sc(C(=N)N)cc1S(=O)(=O)c1cccc(-c2c(C)cc(N=C(N)N)cc2NC(=O)CCCS(C)(=O)=O)c1. The number of amidine groups is 1. The maximum absolute atomic E-state index is 13.7. The van der Waals surface area contributed by atoms with Crippen molar-refractivity contribution in [2.45, 2.75) is 33.8 Å². The number of rotatable bonds is 11. The molecule has 1 amide bonds. The molecule has 1 aromatic heterocycles. The van der Waals surface area contributed by atoms with Crippen LogP contribution in [0.1, 0.15) is 23.3 Å². The van der Waals surface area contributed by atoms with Crippen molar-refractivity contribution in [3.63, 3.8) is 0 Å². The van der Waals surface area contributed by atoms with Gasteiger partial charge in [-0.25, -0.2) is 21.8 Å². The maximum Gasteiger partial charge on any atom is 0.224 e. The van der Waals surface area contributed by atoms with Crippen LogP contribution in [0.4, 0.5) is 11.4 Å². The number of carbonyl (C=O) groups is 1. The maximum atomic E-state index is 13.7. The molecule has 0 fully saturated rings. The molecule has 8 N–H and O–H groups in total. The number of nitrogens with one attached hydrogen (secondary N) is 2. The Balaban J connectivity index is 2.10. The molecule has 15 heteroatoms. The molecular formula is C25H30N6O5S4. The highest BCUT2D eigenvalue weighted by atomic mass is 32.2. The number of sulfone groups is 2. The number of anilines is 1. The first-order valence-electron chi connectivity index (χ1n) is 11.7. The summed E-state index contributed by atoms with van der Waals surface area (Å²) in [7, 11) is -7.21. The Morgan fingerprint density at radius 3 is 2.40 bits per heavy atom. The van der Waals surface area contributed by atoms with E-state index >= 15 is 0 Å². The van der Waals surface area contributed by atoms with E-state index in [4.69, 9.17) is 22.6 Å². The molecule has 0 aliphatic rings. The average Bonchev–Trinajstić information content (AvgIpc) is 3.29. The number of benzene rings is 2. The summed E-state index contributed by atoms with van der Waals surface area (Å²) in [5, 5.41) is 10.5. The molecule has 214 valence electrons. The van der Waals surface area contributed by atoms with E-state index in [0.29, 0.717) is 37.2 Å². The van der Waals surface area contributed by atoms with Gasteiger partial charge in [0.25, 0.3) is 0 Å². The zero-order chi connectivity index (χ0) is 29.8. The van der Waals surface area contributed by atoms with E-state index in [1.165, 1.54) is 30.0 Å². The van der Waals surface area contributed by atoms with Crippen LogP contribution in [0.25, 0.3) is 11.1 Å². The minimum atomic E-state index is -3.99. The molecule has 2 aromatic carbocycles. The molecule has 0 saturated carbocycles. The summed E-state index contributed by atoms with van der Waals surface area (Å²) in [6.45, 7) is 1.77. The molecule has 0 aliphatic heterocycles. The number of aliphatic imine (C=N–C) groups is 1. The van der Waals surface area contributed by atoms with Gasteiger partial charge in [-0.15, -0.1) is 23.1 Å². The first kappa shape index (κ1) is 31.1. The first-order valence-corrected chi connectivity index (χ1v) is 17.3. The topological polar surface area (TPSA) is 212 Å². The summed E-state index contributed by atoms with van der Waals surface area (Å²) >= 11 is 2.38. The van der Waals surface area contributed by atoms with E-state index in [-0.39, 0.29) is 40.2 Å². The van der Waals surface area contributed by atoms with Crippen LogP contribution in [-0.4, -0.2) is 52.8 Å². The average molecular weight is 623 g/mol. The van der Waals surface area contributed by atoms with Crippen LogP contribution in [0.15, 0.2) is 61.5 Å². The fourth-order valence-corrected chi connectivity index (χ4v) is 8.51. The van der Waals surface area contributed by atoms with Gasteiger partial charge < -0.3 is 22.5 Å². The van der Waals surface area contributed by atoms with Gasteiger partial charge in [-0.3, -0.25) is 10.2 Å². The molecule has 0 atom stereocenters. The lowest BCUT2D eigenvalue weighted by atomic mass is 9.97. The smallest absolute Gasteiger partial charge is 0.224 e. The van der Waals surface area contributed by atoms with Gasteiger partial charge in [-0.05, 0) is 61.1 Å². The Labute approximate surface area is 241 Å². The van der Waals surface area contributed by atoms with Crippen LogP contribution in [-0.2, 0) is 24.5 Å². The molecular weight excluding hydrogens is 593 g/mol. The van der Waals surface area contributed by atoms with Crippen molar-refractivity contribution in [1.29, 1.82) is 5.41 Å². The summed E-state index contributed by atoms with van der Waals surface area (Å²) in [4.78, 5) is 17.3. The number of nitrogen functional groups attached to an aromatic ring is 1. The van der Waals surface area contributed by atoms with Gasteiger partial charge in [0.15, 0.2) is 5.96 Å². The number of hydrogen-bond donors (Lipinski definition) is 5. The molecule has 1 heterocycles. The number of carbonyl (C=O) groups excluding carboxylic acids is 1. The standard InChI is InChI=1S/C25H30N6O5S4/c1-14-10-16(30-25(28)29)12-18(31-21(32)8-5-9-39(3,33)34)22(14)15-6-4-7-17(11-15)40(35,36)20-13-19(23(26)27)38-24(20)37-2/h4,6-7,10-13H,5,8-9H2,1-3H3,(H3,26,27)(H,31,32)(H4,28,29,30). The fourth-order valence-electron chi connectivity index (χ4n) is 3.94. The molecule has 0 aliphatic carbocycles. The van der Waals surface area contributed by atoms with E-state index in [9.17, 15) is 21.6 Å². The Bertz CT molecular complexity index is 1710. The predicted molar refractivity (Wildman–Crippen MR) is 162 cm³/mol. The second kappa shape index (κ2) is 12.4. The summed E-state index contributed by atoms with van der Waals surface area (Å²) in [6, 6.07) is 10.9. The summed E-state index contributed by atoms with van der Waals surface area (Å²) in [6.07, 6.45) is 2.95. The number of amides is 1. The Kier molecular flexibility index (Phi) is 9.66. The quantitative estimate of drug-likeness (QED) is 0.120. The van der Waals surface area contributed by atoms with Crippen molar-refractivity contribution < 1.29 is 21.6 Å². The van der Waals surface area contributed by atoms with Crippen molar-refractivity contribution in [1.82, 2.24) is 0 Å². The van der Waals surface area contributed by atoms with E-state index < -0.39 is 25.6 Å². The van der Waals surface area contributed by atoms with Gasteiger partial charge in [-0.2, -0.15) is 0 Å². The fraction of sp³-hybridized carbons (Fsp3) is 0.240. The van der Waals surface area contributed by atoms with E-state index in [1.807, 2.05) is 0 Å². The lowest BCUT2D eigenvalue weighted by Gasteiger charge is -2.16. The summed E-state index contributed by atoms with van der Waals surface area (Å²) in [5.74, 6) is -0.957. The Hall–Kier alpha value is -3.40. The molecule has 3 rings (SSSR count). The second-order valence-corrected chi connectivity index (χ2v) is 15.2. The number of thioether (sulfide) groups is 1. The Morgan fingerprint density at radius 2 is 1.80 bits per heavy atom. The van der Waals surface area contributed by atoms with Crippen molar-refractivity contribution in [2.24, 2.45) is 22.2 Å². The van der Waals surface area contributed by atoms with Crippen molar-refractivity contribution in [3.8, 4) is 11.1 Å². The third kappa shape index (κ3) is 7.62. The van der Waals surface area contributed by atoms with E-state index in [1.54, 1.807) is 37.4 Å². The number of guanidine groups is 1. The molecule has 0 unspecified atom stereocenters. The number of hydrogen-bond acceptors (Lipinski definition) is 9.